The Hall–Kier alpha value is -2.67. The average Bonchev–Trinajstić information content (AvgIpc) is 3.16. The number of aryl methyl sites for hydroxylation is 1. The molecule has 2 aromatic heterocycles. The van der Waals surface area contributed by atoms with E-state index in [4.69, 9.17) is 4.74 Å². The van der Waals surface area contributed by atoms with Gasteiger partial charge in [-0.2, -0.15) is 0 Å². The van der Waals surface area contributed by atoms with Crippen LogP contribution in [0.5, 0.6) is 5.75 Å². The van der Waals surface area contributed by atoms with Gasteiger partial charge in [-0.1, -0.05) is 6.42 Å². The Morgan fingerprint density at radius 2 is 2.07 bits per heavy atom. The minimum Gasteiger partial charge on any atom is -0.490 e. The van der Waals surface area contributed by atoms with Crippen LogP contribution in [0.3, 0.4) is 0 Å². The maximum Gasteiger partial charge on any atom is 0.258 e. The molecular formula is C21H26N4O3. The first-order valence-electron chi connectivity index (χ1n) is 10.1. The molecule has 0 spiro atoms. The summed E-state index contributed by atoms with van der Waals surface area (Å²) in [5.74, 6) is 0.301. The lowest BCUT2D eigenvalue weighted by Crippen LogP contribution is -2.33. The Bertz CT molecular complexity index is 855. The van der Waals surface area contributed by atoms with Gasteiger partial charge in [-0.15, -0.1) is 0 Å². The standard InChI is InChI=1S/C21H26N4O3/c26-18-6-4-5-16-20(18)15(13-23-16)21(27)24-17-14-22-8-7-19(17)28-12-11-25-9-2-1-3-10-25/h7-8,13-14,23H,1-6,9-12H2,(H,24,27). The van der Waals surface area contributed by atoms with Gasteiger partial charge in [0.25, 0.3) is 5.91 Å². The molecule has 4 rings (SSSR count). The Kier molecular flexibility index (Phi) is 5.71. The Morgan fingerprint density at radius 3 is 2.93 bits per heavy atom. The van der Waals surface area contributed by atoms with Crippen LogP contribution in [0.15, 0.2) is 24.7 Å². The Morgan fingerprint density at radius 1 is 1.21 bits per heavy atom. The largest absolute Gasteiger partial charge is 0.490 e. The smallest absolute Gasteiger partial charge is 0.258 e. The number of aromatic amines is 1. The van der Waals surface area contributed by atoms with Gasteiger partial charge in [0, 0.05) is 37.1 Å². The first kappa shape index (κ1) is 18.7. The third kappa shape index (κ3) is 4.09. The lowest BCUT2D eigenvalue weighted by molar-refractivity contribution is 0.0956. The van der Waals surface area contributed by atoms with Gasteiger partial charge in [0.15, 0.2) is 5.78 Å². The number of hydrogen-bond donors (Lipinski definition) is 2. The molecule has 0 saturated carbocycles. The van der Waals surface area contributed by atoms with E-state index in [0.717, 1.165) is 38.2 Å². The molecule has 0 atom stereocenters. The molecule has 2 aromatic rings. The fourth-order valence-electron chi connectivity index (χ4n) is 3.97. The van der Waals surface area contributed by atoms with E-state index in [9.17, 15) is 9.59 Å². The van der Waals surface area contributed by atoms with Crippen LogP contribution < -0.4 is 10.1 Å². The first-order chi connectivity index (χ1) is 13.7. The third-order valence-corrected chi connectivity index (χ3v) is 5.46. The number of H-pyrrole nitrogens is 1. The van der Waals surface area contributed by atoms with Crippen LogP contribution in [-0.4, -0.2) is 52.8 Å². The van der Waals surface area contributed by atoms with Crippen molar-refractivity contribution in [1.82, 2.24) is 14.9 Å². The van der Waals surface area contributed by atoms with Crippen molar-refractivity contribution >= 4 is 17.4 Å². The van der Waals surface area contributed by atoms with Crippen molar-refractivity contribution in [1.29, 1.82) is 0 Å². The summed E-state index contributed by atoms with van der Waals surface area (Å²) in [5, 5.41) is 2.86. The van der Waals surface area contributed by atoms with E-state index in [1.165, 1.54) is 19.3 Å². The van der Waals surface area contributed by atoms with Crippen LogP contribution in [0.1, 0.15) is 58.5 Å². The van der Waals surface area contributed by atoms with Crippen LogP contribution in [0.4, 0.5) is 5.69 Å². The number of Topliss-reactive ketones (excluding diaryl/α,β-unsaturated/α-hetero) is 1. The number of carbonyl (C=O) groups excluding carboxylic acids is 2. The molecule has 0 unspecified atom stereocenters. The fraction of sp³-hybridized carbons (Fsp3) is 0.476. The predicted octanol–water partition coefficient (Wildman–Crippen LogP) is 3.05. The summed E-state index contributed by atoms with van der Waals surface area (Å²) < 4.78 is 5.92. The number of amides is 1. The molecule has 2 N–H and O–H groups in total. The predicted molar refractivity (Wildman–Crippen MR) is 106 cm³/mol. The summed E-state index contributed by atoms with van der Waals surface area (Å²) in [7, 11) is 0. The van der Waals surface area contributed by atoms with E-state index in [0.29, 0.717) is 35.6 Å². The first-order valence-corrected chi connectivity index (χ1v) is 10.1. The van der Waals surface area contributed by atoms with Crippen LogP contribution >= 0.6 is 0 Å². The number of hydrogen-bond acceptors (Lipinski definition) is 5. The molecule has 28 heavy (non-hydrogen) atoms. The van der Waals surface area contributed by atoms with E-state index in [1.807, 2.05) is 0 Å². The maximum absolute atomic E-state index is 12.8. The lowest BCUT2D eigenvalue weighted by atomic mass is 9.93. The molecule has 0 radical (unpaired) electrons. The zero-order chi connectivity index (χ0) is 19.3. The van der Waals surface area contributed by atoms with E-state index >= 15 is 0 Å². The number of likely N-dealkylation sites (tertiary alicyclic amines) is 1. The summed E-state index contributed by atoms with van der Waals surface area (Å²) in [5.41, 5.74) is 2.29. The van der Waals surface area contributed by atoms with Crippen molar-refractivity contribution < 1.29 is 14.3 Å². The lowest BCUT2D eigenvalue weighted by Gasteiger charge is -2.26. The van der Waals surface area contributed by atoms with Crippen LogP contribution in [0.25, 0.3) is 0 Å². The number of piperidine rings is 1. The topological polar surface area (TPSA) is 87.3 Å². The van der Waals surface area contributed by atoms with E-state index in [2.05, 4.69) is 20.2 Å². The molecule has 2 aliphatic rings. The van der Waals surface area contributed by atoms with E-state index in [1.54, 1.807) is 24.7 Å². The quantitative estimate of drug-likeness (QED) is 0.802. The molecule has 148 valence electrons. The SMILES string of the molecule is O=C(Nc1cnccc1OCCN1CCCCC1)c1c[nH]c2c1C(=O)CCC2. The van der Waals surface area contributed by atoms with Crippen molar-refractivity contribution in [2.45, 2.75) is 38.5 Å². The maximum atomic E-state index is 12.8. The van der Waals surface area contributed by atoms with Gasteiger partial charge < -0.3 is 15.0 Å². The molecule has 7 nitrogen and oxygen atoms in total. The second-order valence-electron chi connectivity index (χ2n) is 7.41. The van der Waals surface area contributed by atoms with Gasteiger partial charge in [-0.05, 0) is 38.8 Å². The summed E-state index contributed by atoms with van der Waals surface area (Å²) >= 11 is 0. The van der Waals surface area contributed by atoms with Gasteiger partial charge >= 0.3 is 0 Å². The number of aromatic nitrogens is 2. The normalized spacial score (nSPS) is 17.2. The number of anilines is 1. The number of pyridine rings is 1. The van der Waals surface area contributed by atoms with E-state index < -0.39 is 0 Å². The summed E-state index contributed by atoms with van der Waals surface area (Å²) in [4.78, 5) is 34.6. The highest BCUT2D eigenvalue weighted by atomic mass is 16.5. The molecule has 0 aromatic carbocycles. The molecule has 1 aliphatic heterocycles. The van der Waals surface area contributed by atoms with Gasteiger partial charge in [0.2, 0.25) is 0 Å². The number of ketones is 1. The highest BCUT2D eigenvalue weighted by Gasteiger charge is 2.26. The molecule has 3 heterocycles. The molecule has 1 amide bonds. The highest BCUT2D eigenvalue weighted by Crippen LogP contribution is 2.27. The van der Waals surface area contributed by atoms with Gasteiger partial charge in [-0.25, -0.2) is 0 Å². The van der Waals surface area contributed by atoms with Crippen molar-refractivity contribution in [3.63, 3.8) is 0 Å². The minimum absolute atomic E-state index is 0.0249. The number of nitrogens with one attached hydrogen (secondary N) is 2. The van der Waals surface area contributed by atoms with Crippen LogP contribution in [-0.2, 0) is 6.42 Å². The second-order valence-corrected chi connectivity index (χ2v) is 7.41. The number of fused-ring (bicyclic) bond motifs is 1. The van der Waals surface area contributed by atoms with Gasteiger partial charge in [0.05, 0.1) is 17.3 Å². The zero-order valence-electron chi connectivity index (χ0n) is 16.0. The van der Waals surface area contributed by atoms with Crippen molar-refractivity contribution in [2.24, 2.45) is 0 Å². The summed E-state index contributed by atoms with van der Waals surface area (Å²) in [6, 6.07) is 1.75. The number of rotatable bonds is 6. The minimum atomic E-state index is -0.318. The molecule has 7 heteroatoms. The fourth-order valence-corrected chi connectivity index (χ4v) is 3.97. The number of nitrogens with zero attached hydrogens (tertiary/aromatic N) is 2. The Balaban J connectivity index is 1.41. The third-order valence-electron chi connectivity index (χ3n) is 5.46. The number of carbonyl (C=O) groups is 2. The Labute approximate surface area is 164 Å². The van der Waals surface area contributed by atoms with Crippen molar-refractivity contribution in [3.05, 3.63) is 41.5 Å². The molecule has 1 saturated heterocycles. The highest BCUT2D eigenvalue weighted by molar-refractivity contribution is 6.13. The van der Waals surface area contributed by atoms with E-state index in [-0.39, 0.29) is 11.7 Å². The summed E-state index contributed by atoms with van der Waals surface area (Å²) in [6.07, 6.45) is 10.8. The monoisotopic (exact) mass is 382 g/mol. The number of ether oxygens (including phenoxy) is 1. The molecule has 0 bridgehead atoms. The van der Waals surface area contributed by atoms with Gasteiger partial charge in [-0.3, -0.25) is 19.5 Å². The summed E-state index contributed by atoms with van der Waals surface area (Å²) in [6.45, 7) is 3.67. The molecular weight excluding hydrogens is 356 g/mol. The van der Waals surface area contributed by atoms with Crippen molar-refractivity contribution in [3.8, 4) is 5.75 Å². The zero-order valence-corrected chi connectivity index (χ0v) is 16.0. The molecule has 1 aliphatic carbocycles. The average molecular weight is 382 g/mol. The molecule has 1 fully saturated rings. The van der Waals surface area contributed by atoms with Crippen LogP contribution in [0.2, 0.25) is 0 Å². The second kappa shape index (κ2) is 8.56. The van der Waals surface area contributed by atoms with Gasteiger partial charge in [0.1, 0.15) is 18.0 Å². The van der Waals surface area contributed by atoms with Crippen molar-refractivity contribution in [2.75, 3.05) is 31.6 Å². The van der Waals surface area contributed by atoms with Crippen LogP contribution in [0, 0.1) is 0 Å².